The van der Waals surface area contributed by atoms with Crippen molar-refractivity contribution in [3.05, 3.63) is 16.4 Å². The van der Waals surface area contributed by atoms with Crippen LogP contribution in [0.2, 0.25) is 0 Å². The van der Waals surface area contributed by atoms with Gasteiger partial charge in [0.2, 0.25) is 12.1 Å². The van der Waals surface area contributed by atoms with E-state index in [1.807, 2.05) is 13.0 Å². The van der Waals surface area contributed by atoms with Gasteiger partial charge in [0.1, 0.15) is 0 Å². The lowest BCUT2D eigenvalue weighted by Gasteiger charge is -2.20. The second-order valence-corrected chi connectivity index (χ2v) is 3.25. The largest absolute Gasteiger partial charge is 0.406 e. The van der Waals surface area contributed by atoms with Crippen LogP contribution in [-0.4, -0.2) is 27.6 Å². The third-order valence-corrected chi connectivity index (χ3v) is 2.24. The molecule has 0 aromatic carbocycles. The van der Waals surface area contributed by atoms with E-state index in [1.165, 1.54) is 6.33 Å². The fourth-order valence-corrected chi connectivity index (χ4v) is 1.50. The van der Waals surface area contributed by atoms with Gasteiger partial charge in [0.25, 0.3) is 0 Å². The van der Waals surface area contributed by atoms with Crippen molar-refractivity contribution in [1.82, 2.24) is 9.55 Å². The molecule has 1 rings (SSSR count). The van der Waals surface area contributed by atoms with Crippen molar-refractivity contribution in [2.75, 3.05) is 18.0 Å². The summed E-state index contributed by atoms with van der Waals surface area (Å²) in [4.78, 5) is 15.8. The van der Waals surface area contributed by atoms with E-state index in [4.69, 9.17) is 5.26 Å². The van der Waals surface area contributed by atoms with Crippen LogP contribution in [0.3, 0.4) is 0 Å². The van der Waals surface area contributed by atoms with Crippen molar-refractivity contribution in [1.29, 1.82) is 5.26 Å². The molecule has 0 saturated heterocycles. The van der Waals surface area contributed by atoms with Crippen LogP contribution in [0.5, 0.6) is 0 Å². The van der Waals surface area contributed by atoms with Crippen LogP contribution < -0.4 is 4.90 Å². The number of anilines is 1. The van der Waals surface area contributed by atoms with Crippen LogP contribution in [0.15, 0.2) is 6.33 Å². The molecular formula is C9H13N5O2. The van der Waals surface area contributed by atoms with Gasteiger partial charge in [-0.25, -0.2) is 0 Å². The molecule has 1 aromatic rings. The normalized spacial score (nSPS) is 9.81. The molecule has 0 unspecified atom stereocenters. The van der Waals surface area contributed by atoms with Gasteiger partial charge < -0.3 is 15.0 Å². The first-order valence-corrected chi connectivity index (χ1v) is 4.89. The van der Waals surface area contributed by atoms with Gasteiger partial charge in [-0.3, -0.25) is 4.57 Å². The lowest BCUT2D eigenvalue weighted by atomic mass is 10.4. The van der Waals surface area contributed by atoms with E-state index in [2.05, 4.69) is 4.98 Å². The topological polar surface area (TPSA) is 88.0 Å². The molecule has 0 saturated carbocycles. The lowest BCUT2D eigenvalue weighted by molar-refractivity contribution is -0.388. The first kappa shape index (κ1) is 12.0. The molecule has 0 spiro atoms. The smallest absolute Gasteiger partial charge is 0.358 e. The number of hydrogen-bond acceptors (Lipinski definition) is 5. The van der Waals surface area contributed by atoms with Crippen LogP contribution in [-0.2, 0) is 7.05 Å². The minimum atomic E-state index is -0.510. The number of imidazole rings is 1. The van der Waals surface area contributed by atoms with E-state index in [9.17, 15) is 10.1 Å². The van der Waals surface area contributed by atoms with Crippen LogP contribution in [0, 0.1) is 21.4 Å². The summed E-state index contributed by atoms with van der Waals surface area (Å²) >= 11 is 0. The highest BCUT2D eigenvalue weighted by Gasteiger charge is 2.24. The number of aromatic nitrogens is 2. The standard InChI is InChI=1S/C9H13N5O2/c1-3-13(6-4-5-10)9-8(14(15)16)11-7-12(9)2/h7H,3-4,6H2,1-2H3. The molecule has 0 bridgehead atoms. The molecule has 0 aliphatic carbocycles. The fraction of sp³-hybridized carbons (Fsp3) is 0.556. The maximum Gasteiger partial charge on any atom is 0.406 e. The predicted molar refractivity (Wildman–Crippen MR) is 58.0 cm³/mol. The summed E-state index contributed by atoms with van der Waals surface area (Å²) in [6.07, 6.45) is 1.73. The molecule has 0 amide bonds. The molecule has 1 heterocycles. The summed E-state index contributed by atoms with van der Waals surface area (Å²) < 4.78 is 1.60. The highest BCUT2D eigenvalue weighted by Crippen LogP contribution is 2.25. The molecule has 0 fully saturated rings. The summed E-state index contributed by atoms with van der Waals surface area (Å²) in [5.74, 6) is 0.282. The Morgan fingerprint density at radius 1 is 1.75 bits per heavy atom. The first-order chi connectivity index (χ1) is 7.61. The highest BCUT2D eigenvalue weighted by molar-refractivity contribution is 5.54. The molecule has 0 radical (unpaired) electrons. The van der Waals surface area contributed by atoms with Gasteiger partial charge in [0.05, 0.1) is 12.5 Å². The number of aryl methyl sites for hydroxylation is 1. The number of hydrogen-bond donors (Lipinski definition) is 0. The molecule has 16 heavy (non-hydrogen) atoms. The molecule has 0 aliphatic rings. The molecule has 0 N–H and O–H groups in total. The summed E-state index contributed by atoms with van der Waals surface area (Å²) in [6.45, 7) is 2.95. The van der Waals surface area contributed by atoms with Crippen LogP contribution in [0.1, 0.15) is 13.3 Å². The summed E-state index contributed by atoms with van der Waals surface area (Å²) in [7, 11) is 1.70. The zero-order valence-electron chi connectivity index (χ0n) is 9.25. The van der Waals surface area contributed by atoms with Gasteiger partial charge in [-0.1, -0.05) is 0 Å². The van der Waals surface area contributed by atoms with Gasteiger partial charge in [-0.2, -0.15) is 5.26 Å². The van der Waals surface area contributed by atoms with Crippen molar-refractivity contribution < 1.29 is 4.92 Å². The number of rotatable bonds is 5. The van der Waals surface area contributed by atoms with Crippen molar-refractivity contribution in [2.24, 2.45) is 7.05 Å². The Hall–Kier alpha value is -2.10. The maximum absolute atomic E-state index is 10.8. The first-order valence-electron chi connectivity index (χ1n) is 4.89. The Morgan fingerprint density at radius 3 is 2.94 bits per heavy atom. The number of nitriles is 1. The summed E-state index contributed by atoms with van der Waals surface area (Å²) in [6, 6.07) is 2.02. The zero-order valence-corrected chi connectivity index (χ0v) is 9.25. The van der Waals surface area contributed by atoms with Crippen molar-refractivity contribution in [3.63, 3.8) is 0 Å². The summed E-state index contributed by atoms with van der Waals surface area (Å²) in [5, 5.41) is 19.3. The minimum Gasteiger partial charge on any atom is -0.358 e. The molecule has 1 aromatic heterocycles. The molecule has 7 heteroatoms. The molecule has 86 valence electrons. The van der Waals surface area contributed by atoms with E-state index in [0.29, 0.717) is 25.3 Å². The average Bonchev–Trinajstić information content (AvgIpc) is 2.62. The van der Waals surface area contributed by atoms with Crippen LogP contribution >= 0.6 is 0 Å². The zero-order chi connectivity index (χ0) is 12.1. The Kier molecular flexibility index (Phi) is 3.83. The van der Waals surface area contributed by atoms with E-state index >= 15 is 0 Å². The van der Waals surface area contributed by atoms with Gasteiger partial charge in [0, 0.05) is 20.1 Å². The second kappa shape index (κ2) is 5.11. The Morgan fingerprint density at radius 2 is 2.44 bits per heavy atom. The molecule has 0 aliphatic heterocycles. The SMILES string of the molecule is CCN(CCC#N)c1c([N+](=O)[O-])ncn1C. The summed E-state index contributed by atoms with van der Waals surface area (Å²) in [5.41, 5.74) is 0. The second-order valence-electron chi connectivity index (χ2n) is 3.25. The van der Waals surface area contributed by atoms with E-state index < -0.39 is 4.92 Å². The highest BCUT2D eigenvalue weighted by atomic mass is 16.6. The quantitative estimate of drug-likeness (QED) is 0.550. The Balaban J connectivity index is 3.03. The van der Waals surface area contributed by atoms with E-state index in [1.54, 1.807) is 16.5 Å². The monoisotopic (exact) mass is 223 g/mol. The molecule has 7 nitrogen and oxygen atoms in total. The third-order valence-electron chi connectivity index (χ3n) is 2.24. The van der Waals surface area contributed by atoms with Crippen LogP contribution in [0.4, 0.5) is 11.6 Å². The van der Waals surface area contributed by atoms with Gasteiger partial charge in [-0.05, 0) is 16.8 Å². The lowest BCUT2D eigenvalue weighted by Crippen LogP contribution is -2.26. The van der Waals surface area contributed by atoms with E-state index in [-0.39, 0.29) is 5.82 Å². The Labute approximate surface area is 93.1 Å². The van der Waals surface area contributed by atoms with Crippen molar-refractivity contribution in [3.8, 4) is 6.07 Å². The predicted octanol–water partition coefficient (Wildman–Crippen LogP) is 1.07. The average molecular weight is 223 g/mol. The Bertz CT molecular complexity index is 420. The van der Waals surface area contributed by atoms with Crippen LogP contribution in [0.25, 0.3) is 0 Å². The van der Waals surface area contributed by atoms with Gasteiger partial charge in [-0.15, -0.1) is 0 Å². The van der Waals surface area contributed by atoms with Crippen molar-refractivity contribution in [2.45, 2.75) is 13.3 Å². The van der Waals surface area contributed by atoms with Gasteiger partial charge >= 0.3 is 5.82 Å². The third kappa shape index (κ3) is 2.28. The van der Waals surface area contributed by atoms with Gasteiger partial charge in [0.15, 0.2) is 0 Å². The molecular weight excluding hydrogens is 210 g/mol. The van der Waals surface area contributed by atoms with Crippen molar-refractivity contribution >= 4 is 11.6 Å². The maximum atomic E-state index is 10.8. The minimum absolute atomic E-state index is 0.165. The molecule has 0 atom stereocenters. The number of nitrogens with zero attached hydrogens (tertiary/aromatic N) is 5. The fourth-order valence-electron chi connectivity index (χ4n) is 1.50. The number of nitro groups is 1. The van der Waals surface area contributed by atoms with E-state index in [0.717, 1.165) is 0 Å².